The predicted octanol–water partition coefficient (Wildman–Crippen LogP) is 0.949. The molecule has 1 atom stereocenters. The van der Waals surface area contributed by atoms with Crippen LogP contribution in [0.25, 0.3) is 0 Å². The van der Waals surface area contributed by atoms with Crippen molar-refractivity contribution in [3.8, 4) is 0 Å². The van der Waals surface area contributed by atoms with Gasteiger partial charge in [0.2, 0.25) is 0 Å². The van der Waals surface area contributed by atoms with Crippen LogP contribution in [0.5, 0.6) is 0 Å². The third kappa shape index (κ3) is 1.08. The minimum atomic E-state index is -0.110. The van der Waals surface area contributed by atoms with Crippen molar-refractivity contribution in [2.75, 3.05) is 18.5 Å². The van der Waals surface area contributed by atoms with Gasteiger partial charge >= 0.3 is 0 Å². The van der Waals surface area contributed by atoms with Crippen LogP contribution in [0.1, 0.15) is 21.8 Å². The minimum Gasteiger partial charge on any atom is -0.373 e. The first-order valence-corrected chi connectivity index (χ1v) is 4.95. The molecule has 2 heterocycles. The van der Waals surface area contributed by atoms with E-state index in [0.717, 1.165) is 23.4 Å². The maximum absolute atomic E-state index is 11.7. The van der Waals surface area contributed by atoms with Gasteiger partial charge in [-0.25, -0.2) is 5.43 Å². The fourth-order valence-electron chi connectivity index (χ4n) is 2.33. The number of nitrogens with zero attached hydrogens (tertiary/aromatic N) is 2. The average Bonchev–Trinajstić information content (AvgIpc) is 2.46. The number of hydrazone groups is 1. The molecule has 4 heteroatoms. The van der Waals surface area contributed by atoms with Crippen LogP contribution in [0.2, 0.25) is 0 Å². The zero-order valence-corrected chi connectivity index (χ0v) is 8.40. The van der Waals surface area contributed by atoms with Crippen LogP contribution in [-0.4, -0.2) is 25.7 Å². The van der Waals surface area contributed by atoms with Crippen molar-refractivity contribution >= 4 is 17.8 Å². The summed E-state index contributed by atoms with van der Waals surface area (Å²) in [5.74, 6) is 0.126. The number of anilines is 1. The first-order chi connectivity index (χ1) is 7.27. The second-order valence-corrected chi connectivity index (χ2v) is 3.94. The van der Waals surface area contributed by atoms with Gasteiger partial charge in [-0.15, -0.1) is 0 Å². The lowest BCUT2D eigenvalue weighted by molar-refractivity contribution is 0.0955. The summed E-state index contributed by atoms with van der Waals surface area (Å²) in [5, 5.41) is 3.94. The molecule has 2 aliphatic rings. The van der Waals surface area contributed by atoms with Gasteiger partial charge in [0.05, 0.1) is 0 Å². The molecule has 1 unspecified atom stereocenters. The smallest absolute Gasteiger partial charge is 0.271 e. The lowest BCUT2D eigenvalue weighted by Gasteiger charge is -2.12. The second-order valence-electron chi connectivity index (χ2n) is 3.94. The van der Waals surface area contributed by atoms with E-state index in [1.807, 2.05) is 31.5 Å². The molecule has 4 nitrogen and oxygen atoms in total. The molecular weight excluding hydrogens is 190 g/mol. The molecule has 0 radical (unpaired) electrons. The molecule has 1 aromatic carbocycles. The molecule has 0 bridgehead atoms. The average molecular weight is 201 g/mol. The van der Waals surface area contributed by atoms with E-state index in [9.17, 15) is 4.79 Å². The van der Waals surface area contributed by atoms with E-state index >= 15 is 0 Å². The summed E-state index contributed by atoms with van der Waals surface area (Å²) in [7, 11) is 2.04. The maximum atomic E-state index is 11.7. The molecule has 0 spiro atoms. The quantitative estimate of drug-likeness (QED) is 0.679. The topological polar surface area (TPSA) is 44.7 Å². The van der Waals surface area contributed by atoms with Gasteiger partial charge in [0.25, 0.3) is 5.91 Å². The summed E-state index contributed by atoms with van der Waals surface area (Å²) in [5.41, 5.74) is 5.52. The number of likely N-dealkylation sites (N-methyl/N-ethyl adjacent to an activating group) is 1. The molecule has 0 aromatic heterocycles. The SMILES string of the molecule is CN1CC2C=NNC(=O)c3cccc1c32. The highest BCUT2D eigenvalue weighted by Gasteiger charge is 2.31. The number of hydrogen-bond acceptors (Lipinski definition) is 3. The van der Waals surface area contributed by atoms with Crippen LogP contribution in [0.15, 0.2) is 23.3 Å². The van der Waals surface area contributed by atoms with Crippen LogP contribution >= 0.6 is 0 Å². The van der Waals surface area contributed by atoms with Crippen LogP contribution < -0.4 is 10.3 Å². The van der Waals surface area contributed by atoms with Crippen molar-refractivity contribution in [3.05, 3.63) is 29.3 Å². The fraction of sp³-hybridized carbons (Fsp3) is 0.273. The van der Waals surface area contributed by atoms with Crippen molar-refractivity contribution in [3.63, 3.8) is 0 Å². The van der Waals surface area contributed by atoms with Gasteiger partial charge in [-0.2, -0.15) is 5.10 Å². The summed E-state index contributed by atoms with van der Waals surface area (Å²) in [6.07, 6.45) is 1.82. The van der Waals surface area contributed by atoms with Gasteiger partial charge in [0.15, 0.2) is 0 Å². The Bertz CT molecular complexity index is 467. The number of hydrogen-bond donors (Lipinski definition) is 1. The Balaban J connectivity index is 2.28. The minimum absolute atomic E-state index is 0.110. The number of carbonyl (C=O) groups is 1. The van der Waals surface area contributed by atoms with E-state index in [1.54, 1.807) is 0 Å². The van der Waals surface area contributed by atoms with Gasteiger partial charge in [-0.05, 0) is 17.7 Å². The molecule has 76 valence electrons. The van der Waals surface area contributed by atoms with Crippen LogP contribution in [0, 0.1) is 0 Å². The fourth-order valence-corrected chi connectivity index (χ4v) is 2.33. The van der Waals surface area contributed by atoms with Gasteiger partial charge in [-0.1, -0.05) is 6.07 Å². The molecule has 0 fully saturated rings. The van der Waals surface area contributed by atoms with Crippen molar-refractivity contribution < 1.29 is 4.79 Å². The van der Waals surface area contributed by atoms with Crippen LogP contribution in [0.3, 0.4) is 0 Å². The molecule has 1 aromatic rings. The number of benzene rings is 1. The third-order valence-electron chi connectivity index (χ3n) is 3.00. The highest BCUT2D eigenvalue weighted by atomic mass is 16.2. The molecule has 3 rings (SSSR count). The first kappa shape index (κ1) is 8.47. The number of rotatable bonds is 0. The molecule has 0 saturated carbocycles. The largest absolute Gasteiger partial charge is 0.373 e. The molecule has 1 N–H and O–H groups in total. The van der Waals surface area contributed by atoms with E-state index in [4.69, 9.17) is 0 Å². The van der Waals surface area contributed by atoms with Gasteiger partial charge < -0.3 is 4.90 Å². The summed E-state index contributed by atoms with van der Waals surface area (Å²) in [4.78, 5) is 13.9. The normalized spacial score (nSPS) is 22.3. The molecule has 2 aliphatic heterocycles. The summed E-state index contributed by atoms with van der Waals surface area (Å²) < 4.78 is 0. The van der Waals surface area contributed by atoms with Gasteiger partial charge in [0, 0.05) is 37.0 Å². The van der Waals surface area contributed by atoms with Crippen LogP contribution in [-0.2, 0) is 0 Å². The van der Waals surface area contributed by atoms with Crippen LogP contribution in [0.4, 0.5) is 5.69 Å². The maximum Gasteiger partial charge on any atom is 0.271 e. The van der Waals surface area contributed by atoms with E-state index in [2.05, 4.69) is 15.4 Å². The Kier molecular flexibility index (Phi) is 1.59. The Hall–Kier alpha value is -1.84. The van der Waals surface area contributed by atoms with Crippen molar-refractivity contribution in [1.82, 2.24) is 5.43 Å². The number of carbonyl (C=O) groups excluding carboxylic acids is 1. The zero-order chi connectivity index (χ0) is 10.4. The second kappa shape index (κ2) is 2.82. The molecule has 15 heavy (non-hydrogen) atoms. The lowest BCUT2D eigenvalue weighted by Crippen LogP contribution is -2.18. The highest BCUT2D eigenvalue weighted by molar-refractivity contribution is 6.01. The Morgan fingerprint density at radius 2 is 2.40 bits per heavy atom. The Labute approximate surface area is 87.6 Å². The Morgan fingerprint density at radius 3 is 3.27 bits per heavy atom. The summed E-state index contributed by atoms with van der Waals surface area (Å²) in [6.45, 7) is 0.894. The van der Waals surface area contributed by atoms with Crippen molar-refractivity contribution in [2.45, 2.75) is 5.92 Å². The van der Waals surface area contributed by atoms with Gasteiger partial charge in [-0.3, -0.25) is 4.79 Å². The standard InChI is InChI=1S/C11H11N3O/c1-14-6-7-5-12-13-11(15)8-3-2-4-9(14)10(7)8/h2-5,7H,6H2,1H3,(H,13,15). The number of amides is 1. The first-order valence-electron chi connectivity index (χ1n) is 4.95. The summed E-state index contributed by atoms with van der Waals surface area (Å²) >= 11 is 0. The third-order valence-corrected chi connectivity index (χ3v) is 3.00. The summed E-state index contributed by atoms with van der Waals surface area (Å²) in [6, 6.07) is 5.82. The molecular formula is C11H11N3O. The van der Waals surface area contributed by atoms with Crippen molar-refractivity contribution in [1.29, 1.82) is 0 Å². The van der Waals surface area contributed by atoms with Crippen molar-refractivity contribution in [2.24, 2.45) is 5.10 Å². The predicted molar refractivity (Wildman–Crippen MR) is 58.4 cm³/mol. The molecule has 0 saturated heterocycles. The molecule has 1 amide bonds. The Morgan fingerprint density at radius 1 is 1.53 bits per heavy atom. The van der Waals surface area contributed by atoms with E-state index < -0.39 is 0 Å². The van der Waals surface area contributed by atoms with E-state index in [-0.39, 0.29) is 11.8 Å². The number of nitrogens with one attached hydrogen (secondary N) is 1. The van der Waals surface area contributed by atoms with E-state index in [1.165, 1.54) is 0 Å². The molecule has 0 aliphatic carbocycles. The zero-order valence-electron chi connectivity index (χ0n) is 8.40. The highest BCUT2D eigenvalue weighted by Crippen LogP contribution is 2.37. The van der Waals surface area contributed by atoms with E-state index in [0.29, 0.717) is 0 Å². The van der Waals surface area contributed by atoms with Gasteiger partial charge in [0.1, 0.15) is 0 Å². The lowest BCUT2D eigenvalue weighted by atomic mass is 9.97. The monoisotopic (exact) mass is 201 g/mol.